The van der Waals surface area contributed by atoms with E-state index < -0.39 is 0 Å². The van der Waals surface area contributed by atoms with Gasteiger partial charge in [-0.3, -0.25) is 4.99 Å². The van der Waals surface area contributed by atoms with Gasteiger partial charge in [0.05, 0.1) is 25.4 Å². The van der Waals surface area contributed by atoms with Crippen LogP contribution in [0.2, 0.25) is 0 Å². The number of aliphatic imine (C=N–C) groups is 1. The SMILES string of the molecule is CN=C(NCc1cn2cc(Br)ccc2n1)N1CCOC(c2ccccc2C)C1. The predicted molar refractivity (Wildman–Crippen MR) is 115 cm³/mol. The Labute approximate surface area is 173 Å². The van der Waals surface area contributed by atoms with Gasteiger partial charge in [-0.25, -0.2) is 4.98 Å². The number of hydrogen-bond acceptors (Lipinski definition) is 3. The molecule has 1 atom stereocenters. The van der Waals surface area contributed by atoms with Gasteiger partial charge in [0, 0.05) is 30.5 Å². The van der Waals surface area contributed by atoms with Gasteiger partial charge in [0.25, 0.3) is 0 Å². The molecule has 0 saturated carbocycles. The van der Waals surface area contributed by atoms with Crippen molar-refractivity contribution >= 4 is 27.5 Å². The van der Waals surface area contributed by atoms with Gasteiger partial charge in [0.2, 0.25) is 0 Å². The Hall–Kier alpha value is -2.38. The Morgan fingerprint density at radius 2 is 2.14 bits per heavy atom. The summed E-state index contributed by atoms with van der Waals surface area (Å²) in [5.41, 5.74) is 4.41. The van der Waals surface area contributed by atoms with Crippen LogP contribution >= 0.6 is 15.9 Å². The van der Waals surface area contributed by atoms with Crippen molar-refractivity contribution in [3.8, 4) is 0 Å². The highest BCUT2D eigenvalue weighted by Crippen LogP contribution is 2.25. The van der Waals surface area contributed by atoms with Crippen molar-refractivity contribution in [2.75, 3.05) is 26.7 Å². The summed E-state index contributed by atoms with van der Waals surface area (Å²) < 4.78 is 9.09. The quantitative estimate of drug-likeness (QED) is 0.498. The van der Waals surface area contributed by atoms with Gasteiger partial charge < -0.3 is 19.4 Å². The molecule has 1 aliphatic rings. The van der Waals surface area contributed by atoms with E-state index in [1.165, 1.54) is 11.1 Å². The van der Waals surface area contributed by atoms with Crippen LogP contribution in [-0.2, 0) is 11.3 Å². The predicted octanol–water partition coefficient (Wildman–Crippen LogP) is 3.55. The van der Waals surface area contributed by atoms with E-state index in [0.29, 0.717) is 13.2 Å². The first kappa shape index (κ1) is 19.0. The molecule has 3 heterocycles. The van der Waals surface area contributed by atoms with Crippen molar-refractivity contribution in [2.24, 2.45) is 4.99 Å². The number of hydrogen-bond donors (Lipinski definition) is 1. The summed E-state index contributed by atoms with van der Waals surface area (Å²) in [6, 6.07) is 12.4. The average molecular weight is 442 g/mol. The number of pyridine rings is 1. The first-order valence-electron chi connectivity index (χ1n) is 9.40. The normalized spacial score (nSPS) is 17.9. The molecular formula is C21H24BrN5O. The Balaban J connectivity index is 1.43. The van der Waals surface area contributed by atoms with E-state index in [4.69, 9.17) is 4.74 Å². The molecule has 0 bridgehead atoms. The molecule has 1 fully saturated rings. The van der Waals surface area contributed by atoms with Crippen molar-refractivity contribution in [3.63, 3.8) is 0 Å². The van der Waals surface area contributed by atoms with Gasteiger partial charge in [-0.2, -0.15) is 0 Å². The molecule has 4 rings (SSSR count). The largest absolute Gasteiger partial charge is 0.370 e. The molecule has 0 radical (unpaired) electrons. The minimum Gasteiger partial charge on any atom is -0.370 e. The number of guanidine groups is 1. The van der Waals surface area contributed by atoms with Crippen LogP contribution < -0.4 is 5.32 Å². The monoisotopic (exact) mass is 441 g/mol. The average Bonchev–Trinajstić information content (AvgIpc) is 3.11. The minimum atomic E-state index is 0.0565. The lowest BCUT2D eigenvalue weighted by Crippen LogP contribution is -2.48. The first-order valence-corrected chi connectivity index (χ1v) is 10.2. The molecule has 1 N–H and O–H groups in total. The number of imidazole rings is 1. The number of halogens is 1. The number of aryl methyl sites for hydroxylation is 1. The molecule has 146 valence electrons. The second kappa shape index (κ2) is 8.32. The van der Waals surface area contributed by atoms with Gasteiger partial charge in [0.1, 0.15) is 11.8 Å². The van der Waals surface area contributed by atoms with Gasteiger partial charge in [-0.1, -0.05) is 24.3 Å². The molecule has 0 amide bonds. The van der Waals surface area contributed by atoms with Gasteiger partial charge in [-0.05, 0) is 46.1 Å². The molecule has 1 aromatic carbocycles. The highest BCUT2D eigenvalue weighted by atomic mass is 79.9. The first-order chi connectivity index (χ1) is 13.6. The van der Waals surface area contributed by atoms with E-state index in [2.05, 4.69) is 67.3 Å². The van der Waals surface area contributed by atoms with E-state index in [0.717, 1.165) is 34.9 Å². The lowest BCUT2D eigenvalue weighted by atomic mass is 10.0. The summed E-state index contributed by atoms with van der Waals surface area (Å²) >= 11 is 3.50. The summed E-state index contributed by atoms with van der Waals surface area (Å²) in [6.07, 6.45) is 4.10. The lowest BCUT2D eigenvalue weighted by Gasteiger charge is -2.35. The molecule has 0 spiro atoms. The molecule has 1 aliphatic heterocycles. The Morgan fingerprint density at radius 3 is 2.96 bits per heavy atom. The van der Waals surface area contributed by atoms with Crippen LogP contribution in [0, 0.1) is 6.92 Å². The van der Waals surface area contributed by atoms with Crippen molar-refractivity contribution in [1.29, 1.82) is 0 Å². The molecule has 6 nitrogen and oxygen atoms in total. The molecule has 0 aliphatic carbocycles. The van der Waals surface area contributed by atoms with Crippen molar-refractivity contribution < 1.29 is 4.74 Å². The Bertz CT molecular complexity index is 999. The number of fused-ring (bicyclic) bond motifs is 1. The minimum absolute atomic E-state index is 0.0565. The molecule has 7 heteroatoms. The summed E-state index contributed by atoms with van der Waals surface area (Å²) in [5.74, 6) is 0.875. The van der Waals surface area contributed by atoms with Gasteiger partial charge in [0.15, 0.2) is 5.96 Å². The van der Waals surface area contributed by atoms with Crippen LogP contribution in [0.5, 0.6) is 0 Å². The Kier molecular flexibility index (Phi) is 5.64. The molecule has 1 saturated heterocycles. The van der Waals surface area contributed by atoms with Crippen LogP contribution in [0.15, 0.2) is 58.3 Å². The summed E-state index contributed by atoms with van der Waals surface area (Å²) in [5, 5.41) is 3.45. The zero-order chi connectivity index (χ0) is 19.5. The fraction of sp³-hybridized carbons (Fsp3) is 0.333. The highest BCUT2D eigenvalue weighted by molar-refractivity contribution is 9.10. The zero-order valence-electron chi connectivity index (χ0n) is 16.1. The second-order valence-corrected chi connectivity index (χ2v) is 7.82. The van der Waals surface area contributed by atoms with Crippen molar-refractivity contribution in [3.05, 3.63) is 70.1 Å². The van der Waals surface area contributed by atoms with Crippen LogP contribution in [0.1, 0.15) is 22.9 Å². The summed E-state index contributed by atoms with van der Waals surface area (Å²) in [4.78, 5) is 11.4. The maximum atomic E-state index is 6.04. The maximum absolute atomic E-state index is 6.04. The maximum Gasteiger partial charge on any atom is 0.194 e. The fourth-order valence-electron chi connectivity index (χ4n) is 3.58. The molecule has 1 unspecified atom stereocenters. The Morgan fingerprint density at radius 1 is 1.29 bits per heavy atom. The van der Waals surface area contributed by atoms with E-state index in [1.54, 1.807) is 0 Å². The molecule has 2 aromatic heterocycles. The van der Waals surface area contributed by atoms with E-state index in [1.807, 2.05) is 36.0 Å². The number of nitrogens with one attached hydrogen (secondary N) is 1. The van der Waals surface area contributed by atoms with Gasteiger partial charge >= 0.3 is 0 Å². The summed E-state index contributed by atoms with van der Waals surface area (Å²) in [6.45, 7) is 5.04. The topological polar surface area (TPSA) is 54.2 Å². The molecule has 3 aromatic rings. The lowest BCUT2D eigenvalue weighted by molar-refractivity contribution is -0.00834. The number of rotatable bonds is 3. The zero-order valence-corrected chi connectivity index (χ0v) is 17.7. The summed E-state index contributed by atoms with van der Waals surface area (Å²) in [7, 11) is 1.82. The number of morpholine rings is 1. The van der Waals surface area contributed by atoms with Crippen LogP contribution in [0.4, 0.5) is 0 Å². The van der Waals surface area contributed by atoms with Crippen molar-refractivity contribution in [2.45, 2.75) is 19.6 Å². The number of benzene rings is 1. The third kappa shape index (κ3) is 4.05. The van der Waals surface area contributed by atoms with Crippen LogP contribution in [-0.4, -0.2) is 47.0 Å². The third-order valence-electron chi connectivity index (χ3n) is 5.01. The second-order valence-electron chi connectivity index (χ2n) is 6.91. The van der Waals surface area contributed by atoms with Crippen LogP contribution in [0.3, 0.4) is 0 Å². The fourth-order valence-corrected chi connectivity index (χ4v) is 3.93. The highest BCUT2D eigenvalue weighted by Gasteiger charge is 2.25. The standard InChI is InChI=1S/C21H24BrN5O/c1-15-5-3-4-6-18(15)19-14-26(9-10-28-19)21(23-2)24-11-17-13-27-12-16(22)7-8-20(27)25-17/h3-8,12-13,19H,9-11,14H2,1-2H3,(H,23,24). The van der Waals surface area contributed by atoms with Gasteiger partial charge in [-0.15, -0.1) is 0 Å². The van der Waals surface area contributed by atoms with Crippen molar-refractivity contribution in [1.82, 2.24) is 19.6 Å². The van der Waals surface area contributed by atoms with E-state index in [9.17, 15) is 0 Å². The molecular weight excluding hydrogens is 418 g/mol. The van der Waals surface area contributed by atoms with E-state index >= 15 is 0 Å². The third-order valence-corrected chi connectivity index (χ3v) is 5.47. The number of nitrogens with zero attached hydrogens (tertiary/aromatic N) is 4. The van der Waals surface area contributed by atoms with E-state index in [-0.39, 0.29) is 6.10 Å². The number of aromatic nitrogens is 2. The molecule has 28 heavy (non-hydrogen) atoms. The smallest absolute Gasteiger partial charge is 0.194 e. The number of ether oxygens (including phenoxy) is 1. The van der Waals surface area contributed by atoms with Crippen LogP contribution in [0.25, 0.3) is 5.65 Å².